The van der Waals surface area contributed by atoms with Crippen LogP contribution in [0.3, 0.4) is 0 Å². The number of rotatable bonds is 7. The summed E-state index contributed by atoms with van der Waals surface area (Å²) in [6, 6.07) is 11.9. The minimum Gasteiger partial charge on any atom is -0.489 e. The number of aromatic nitrogens is 1. The maximum Gasteiger partial charge on any atom is 0.255 e. The van der Waals surface area contributed by atoms with Gasteiger partial charge in [-0.25, -0.2) is 17.6 Å². The van der Waals surface area contributed by atoms with E-state index in [-0.39, 0.29) is 53.7 Å². The Hall–Kier alpha value is -5.68. The summed E-state index contributed by atoms with van der Waals surface area (Å²) in [6.45, 7) is 6.53. The fourth-order valence-corrected chi connectivity index (χ4v) is 11.8. The Morgan fingerprint density at radius 3 is 2.47 bits per heavy atom. The third kappa shape index (κ3) is 6.79. The molecule has 4 saturated heterocycles. The molecule has 7 aliphatic rings. The molecule has 13 nitrogen and oxygen atoms in total. The van der Waals surface area contributed by atoms with Crippen molar-refractivity contribution in [1.29, 1.82) is 0 Å². The lowest BCUT2D eigenvalue weighted by Crippen LogP contribution is -2.64. The highest BCUT2D eigenvalue weighted by Crippen LogP contribution is 2.47. The molecule has 4 fully saturated rings. The van der Waals surface area contributed by atoms with E-state index in [1.165, 1.54) is 21.9 Å². The van der Waals surface area contributed by atoms with Crippen LogP contribution in [0.1, 0.15) is 71.4 Å². The van der Waals surface area contributed by atoms with Crippen molar-refractivity contribution in [1.82, 2.24) is 29.9 Å². The first-order valence-corrected chi connectivity index (χ1v) is 22.4. The summed E-state index contributed by atoms with van der Waals surface area (Å²) in [5, 5.41) is 3.28. The first-order chi connectivity index (χ1) is 30.8. The molecule has 0 radical (unpaired) electrons. The second-order valence-corrected chi connectivity index (χ2v) is 18.9. The largest absolute Gasteiger partial charge is 0.489 e. The lowest BCUT2D eigenvalue weighted by molar-refractivity contribution is -0.146. The number of hydrogen-bond acceptors (Lipinski definition) is 9. The molecule has 64 heavy (non-hydrogen) atoms. The van der Waals surface area contributed by atoms with E-state index < -0.39 is 42.6 Å². The van der Waals surface area contributed by atoms with Crippen LogP contribution in [0.25, 0.3) is 10.9 Å². The predicted octanol–water partition coefficient (Wildman–Crippen LogP) is 4.82. The third-order valence-electron chi connectivity index (χ3n) is 15.1. The molecule has 336 valence electrons. The number of amides is 4. The Labute approximate surface area is 367 Å². The summed E-state index contributed by atoms with van der Waals surface area (Å²) in [6.07, 6.45) is -0.190. The number of halogens is 4. The highest BCUT2D eigenvalue weighted by molar-refractivity contribution is 6.06. The molecular weight excluding hydrogens is 833 g/mol. The van der Waals surface area contributed by atoms with Crippen molar-refractivity contribution in [2.45, 2.75) is 76.2 Å². The molecule has 7 aliphatic heterocycles. The maximum absolute atomic E-state index is 16.3. The van der Waals surface area contributed by atoms with Crippen LogP contribution in [0, 0.1) is 17.0 Å². The molecule has 4 atom stereocenters. The van der Waals surface area contributed by atoms with Gasteiger partial charge in [0.05, 0.1) is 37.4 Å². The number of nitrogens with one attached hydrogen (secondary N) is 2. The Morgan fingerprint density at radius 2 is 1.72 bits per heavy atom. The number of ether oxygens (including phenoxy) is 1. The maximum atomic E-state index is 16.3. The minimum atomic E-state index is -2.68. The van der Waals surface area contributed by atoms with Gasteiger partial charge in [-0.3, -0.25) is 34.3 Å². The number of likely N-dealkylation sites (tertiary alicyclic amines) is 1. The number of aromatic amines is 1. The number of nitrogens with zero attached hydrogens (tertiary/aromatic N) is 6. The average Bonchev–Trinajstić information content (AvgIpc) is 3.80. The molecule has 1 spiro atoms. The highest BCUT2D eigenvalue weighted by Gasteiger charge is 2.48. The third-order valence-corrected chi connectivity index (χ3v) is 15.1. The fourth-order valence-electron chi connectivity index (χ4n) is 11.8. The lowest BCUT2D eigenvalue weighted by atomic mass is 9.72. The molecule has 2 N–H and O–H groups in total. The van der Waals surface area contributed by atoms with Crippen LogP contribution in [-0.2, 0) is 27.3 Å². The number of carbonyl (C=O) groups excluding carboxylic acids is 4. The van der Waals surface area contributed by atoms with Crippen molar-refractivity contribution in [2.75, 3.05) is 75.3 Å². The molecule has 0 aliphatic carbocycles. The van der Waals surface area contributed by atoms with Gasteiger partial charge in [0.1, 0.15) is 30.0 Å². The number of fused-ring (bicyclic) bond motifs is 8. The molecule has 1 aromatic heterocycles. The summed E-state index contributed by atoms with van der Waals surface area (Å²) in [5.41, 5.74) is 4.56. The molecule has 4 amide bonds. The van der Waals surface area contributed by atoms with Gasteiger partial charge in [-0.05, 0) is 68.5 Å². The number of para-hydroxylation sites is 1. The molecule has 1 unspecified atom stereocenters. The quantitative estimate of drug-likeness (QED) is 0.199. The SMILES string of the molecule is C[C@@H]1Cc2c([nH]c3ccccc23)[C@@H](c2c(F)cc(N3CCC4(CC3)CN(C(=O)CN3CCN5c6ccc7c(c6OC[C@H]5C3)CN(C3CCC(=O)NC3=O)C7=O)C4)cc2F)N1CC(F)F. The molecule has 8 heterocycles. The molecule has 3 aromatic carbocycles. The number of anilines is 2. The van der Waals surface area contributed by atoms with Crippen LogP contribution in [-0.4, -0.2) is 138 Å². The van der Waals surface area contributed by atoms with E-state index in [2.05, 4.69) is 20.1 Å². The van der Waals surface area contributed by atoms with E-state index in [9.17, 15) is 28.0 Å². The predicted molar refractivity (Wildman–Crippen MR) is 228 cm³/mol. The van der Waals surface area contributed by atoms with E-state index in [1.807, 2.05) is 47.1 Å². The van der Waals surface area contributed by atoms with Gasteiger partial charge in [0.25, 0.3) is 12.3 Å². The zero-order valence-electron chi connectivity index (χ0n) is 35.6. The van der Waals surface area contributed by atoms with Gasteiger partial charge in [0.15, 0.2) is 0 Å². The number of benzene rings is 3. The van der Waals surface area contributed by atoms with Crippen molar-refractivity contribution in [3.63, 3.8) is 0 Å². The number of carbonyl (C=O) groups is 4. The Balaban J connectivity index is 0.702. The second kappa shape index (κ2) is 15.5. The van der Waals surface area contributed by atoms with Gasteiger partial charge in [-0.15, -0.1) is 0 Å². The molecular formula is C47H50F4N8O5. The smallest absolute Gasteiger partial charge is 0.255 e. The van der Waals surface area contributed by atoms with E-state index in [4.69, 9.17) is 4.74 Å². The molecule has 4 aromatic rings. The highest BCUT2D eigenvalue weighted by atomic mass is 19.3. The van der Waals surface area contributed by atoms with E-state index >= 15 is 8.78 Å². The number of imide groups is 1. The van der Waals surface area contributed by atoms with Gasteiger partial charge in [-0.2, -0.15) is 0 Å². The van der Waals surface area contributed by atoms with Gasteiger partial charge < -0.3 is 29.3 Å². The van der Waals surface area contributed by atoms with Crippen LogP contribution < -0.4 is 19.9 Å². The molecule has 0 bridgehead atoms. The summed E-state index contributed by atoms with van der Waals surface area (Å²) in [7, 11) is 0. The summed E-state index contributed by atoms with van der Waals surface area (Å²) < 4.78 is 66.9. The number of H-pyrrole nitrogens is 1. The first kappa shape index (κ1) is 41.1. The van der Waals surface area contributed by atoms with Crippen molar-refractivity contribution >= 4 is 45.9 Å². The molecule has 11 rings (SSSR count). The normalized spacial score (nSPS) is 25.6. The number of piperidine rings is 2. The van der Waals surface area contributed by atoms with Crippen LogP contribution >= 0.6 is 0 Å². The monoisotopic (exact) mass is 882 g/mol. The number of alkyl halides is 2. The van der Waals surface area contributed by atoms with Gasteiger partial charge >= 0.3 is 0 Å². The van der Waals surface area contributed by atoms with Crippen molar-refractivity contribution in [3.8, 4) is 5.75 Å². The van der Waals surface area contributed by atoms with Crippen LogP contribution in [0.2, 0.25) is 0 Å². The number of piperazine rings is 1. The van der Waals surface area contributed by atoms with E-state index in [1.54, 1.807) is 6.07 Å². The molecule has 0 saturated carbocycles. The zero-order valence-corrected chi connectivity index (χ0v) is 35.6. The topological polar surface area (TPSA) is 125 Å². The Morgan fingerprint density at radius 1 is 0.953 bits per heavy atom. The molecule has 17 heteroatoms. The Bertz CT molecular complexity index is 2570. The summed E-state index contributed by atoms with van der Waals surface area (Å²) >= 11 is 0. The lowest BCUT2D eigenvalue weighted by Gasteiger charge is -2.54. The van der Waals surface area contributed by atoms with Crippen LogP contribution in [0.5, 0.6) is 5.75 Å². The van der Waals surface area contributed by atoms with E-state index in [0.717, 1.165) is 40.6 Å². The van der Waals surface area contributed by atoms with Gasteiger partial charge in [0.2, 0.25) is 17.7 Å². The van der Waals surface area contributed by atoms with Gasteiger partial charge in [-0.1, -0.05) is 18.2 Å². The minimum absolute atomic E-state index is 0.0140. The standard InChI is InChI=1S/C47H50F4N8O5/c1-26-16-31-29-4-2-3-5-35(29)52-42(31)43(58(26)21-38(50)51)41-33(48)17-27(18-34(41)49)55-12-10-47(11-13-55)24-56(25-47)40(61)22-54-14-15-57-28(19-54)23-64-44-32-20-59(37-8-9-39(60)53-45(37)62)46(63)30(32)6-7-36(44)57/h2-7,17-18,26,28,37-38,43,52H,8-16,19-25H2,1H3,(H,53,60,62)/t26-,28-,37?,43-/m1/s1. The van der Waals surface area contributed by atoms with Crippen LogP contribution in [0.4, 0.5) is 28.9 Å². The summed E-state index contributed by atoms with van der Waals surface area (Å²) in [5.74, 6) is -1.82. The average molecular weight is 883 g/mol. The van der Waals surface area contributed by atoms with Crippen LogP contribution in [0.15, 0.2) is 48.5 Å². The second-order valence-electron chi connectivity index (χ2n) is 18.9. The van der Waals surface area contributed by atoms with Crippen molar-refractivity contribution in [2.24, 2.45) is 5.41 Å². The first-order valence-electron chi connectivity index (χ1n) is 22.4. The fraction of sp³-hybridized carbons (Fsp3) is 0.489. The number of hydrogen-bond donors (Lipinski definition) is 2. The van der Waals surface area contributed by atoms with Crippen molar-refractivity contribution < 1.29 is 41.5 Å². The van der Waals surface area contributed by atoms with Crippen molar-refractivity contribution in [3.05, 3.63) is 88.1 Å². The summed E-state index contributed by atoms with van der Waals surface area (Å²) in [4.78, 5) is 66.0. The van der Waals surface area contributed by atoms with E-state index in [0.29, 0.717) is 94.5 Å². The zero-order chi connectivity index (χ0) is 44.2. The Kier molecular flexibility index (Phi) is 9.94. The van der Waals surface area contributed by atoms with Gasteiger partial charge in [0, 0.05) is 103 Å².